The zero-order valence-corrected chi connectivity index (χ0v) is 19.5. The number of carbonyl (C=O) groups excluding carboxylic acids is 1. The molecule has 0 unspecified atom stereocenters. The molecule has 7 heteroatoms. The molecule has 1 aliphatic heterocycles. The summed E-state index contributed by atoms with van der Waals surface area (Å²) in [5, 5.41) is 11.3. The van der Waals surface area contributed by atoms with Gasteiger partial charge in [0.25, 0.3) is 5.91 Å². The Morgan fingerprint density at radius 1 is 0.853 bits per heavy atom. The Morgan fingerprint density at radius 3 is 2.15 bits per heavy atom. The van der Waals surface area contributed by atoms with Crippen LogP contribution in [0.1, 0.15) is 28.4 Å². The summed E-state index contributed by atoms with van der Waals surface area (Å²) in [7, 11) is 0. The fourth-order valence-corrected chi connectivity index (χ4v) is 4.45. The van der Waals surface area contributed by atoms with Gasteiger partial charge in [-0.2, -0.15) is 0 Å². The second kappa shape index (κ2) is 10.2. The smallest absolute Gasteiger partial charge is 0.255 e. The monoisotopic (exact) mass is 454 g/mol. The Balaban J connectivity index is 1.13. The average molecular weight is 455 g/mol. The van der Waals surface area contributed by atoms with Crippen molar-refractivity contribution in [2.75, 3.05) is 31.5 Å². The molecule has 4 aromatic rings. The number of nitrogens with zero attached hydrogens (tertiary/aromatic N) is 5. The van der Waals surface area contributed by atoms with E-state index in [2.05, 4.69) is 67.9 Å². The van der Waals surface area contributed by atoms with Gasteiger partial charge in [0.15, 0.2) is 0 Å². The van der Waals surface area contributed by atoms with Crippen molar-refractivity contribution < 1.29 is 4.79 Å². The van der Waals surface area contributed by atoms with Gasteiger partial charge in [0, 0.05) is 57.1 Å². The van der Waals surface area contributed by atoms with Crippen molar-refractivity contribution in [2.45, 2.75) is 26.6 Å². The number of amides is 1. The van der Waals surface area contributed by atoms with Crippen molar-refractivity contribution in [1.82, 2.24) is 24.8 Å². The highest BCUT2D eigenvalue weighted by molar-refractivity contribution is 6.05. The van der Waals surface area contributed by atoms with Crippen LogP contribution in [0.25, 0.3) is 11.0 Å². The Morgan fingerprint density at radius 2 is 1.50 bits per heavy atom. The Labute approximate surface area is 200 Å². The van der Waals surface area contributed by atoms with Crippen LogP contribution in [0.15, 0.2) is 72.8 Å². The zero-order valence-electron chi connectivity index (χ0n) is 19.5. The molecule has 0 atom stereocenters. The molecule has 0 aliphatic carbocycles. The quantitative estimate of drug-likeness (QED) is 0.457. The van der Waals surface area contributed by atoms with Crippen LogP contribution < -0.4 is 5.32 Å². The summed E-state index contributed by atoms with van der Waals surface area (Å²) < 4.78 is 1.82. The number of aryl methyl sites for hydroxylation is 1. The highest BCUT2D eigenvalue weighted by atomic mass is 16.1. The molecule has 0 spiro atoms. The molecule has 1 aromatic heterocycles. The molecule has 0 bridgehead atoms. The normalized spacial score (nSPS) is 15.0. The average Bonchev–Trinajstić information content (AvgIpc) is 3.29. The van der Waals surface area contributed by atoms with Crippen molar-refractivity contribution >= 4 is 22.6 Å². The molecule has 1 saturated heterocycles. The van der Waals surface area contributed by atoms with E-state index in [4.69, 9.17) is 0 Å². The summed E-state index contributed by atoms with van der Waals surface area (Å²) in [6.45, 7) is 9.01. The lowest BCUT2D eigenvalue weighted by Crippen LogP contribution is -2.45. The van der Waals surface area contributed by atoms with Gasteiger partial charge in [-0.3, -0.25) is 14.6 Å². The second-order valence-corrected chi connectivity index (χ2v) is 8.80. The largest absolute Gasteiger partial charge is 0.322 e. The topological polar surface area (TPSA) is 66.3 Å². The minimum Gasteiger partial charge on any atom is -0.322 e. The standard InChI is InChI=1S/C27H30N6O/c1-2-33-26-13-10-23(18-25(26)29-30-33)27(34)28-24-11-8-22(9-12-24)20-32-16-14-31(15-17-32)19-21-6-4-3-5-7-21/h3-13,18H,2,14-17,19-20H2,1H3,(H,28,34). The number of aromatic nitrogens is 3. The van der Waals surface area contributed by atoms with Gasteiger partial charge in [-0.05, 0) is 48.4 Å². The van der Waals surface area contributed by atoms with E-state index in [1.807, 2.05) is 35.9 Å². The first-order valence-corrected chi connectivity index (χ1v) is 11.9. The fourth-order valence-electron chi connectivity index (χ4n) is 4.45. The molecular weight excluding hydrogens is 424 g/mol. The number of fused-ring (bicyclic) bond motifs is 1. The zero-order chi connectivity index (χ0) is 23.3. The molecule has 1 fully saturated rings. The van der Waals surface area contributed by atoms with Gasteiger partial charge in [0.2, 0.25) is 0 Å². The number of hydrogen-bond donors (Lipinski definition) is 1. The number of rotatable bonds is 7. The van der Waals surface area contributed by atoms with Gasteiger partial charge in [-0.25, -0.2) is 4.68 Å². The van der Waals surface area contributed by atoms with E-state index in [0.29, 0.717) is 5.56 Å². The molecule has 3 aromatic carbocycles. The van der Waals surface area contributed by atoms with E-state index in [1.165, 1.54) is 11.1 Å². The molecular formula is C27H30N6O. The lowest BCUT2D eigenvalue weighted by Gasteiger charge is -2.34. The van der Waals surface area contributed by atoms with Crippen molar-refractivity contribution in [3.63, 3.8) is 0 Å². The van der Waals surface area contributed by atoms with E-state index < -0.39 is 0 Å². The van der Waals surface area contributed by atoms with Gasteiger partial charge in [0.1, 0.15) is 5.52 Å². The summed E-state index contributed by atoms with van der Waals surface area (Å²) in [6.07, 6.45) is 0. The summed E-state index contributed by atoms with van der Waals surface area (Å²) in [6, 6.07) is 24.3. The van der Waals surface area contributed by atoms with Crippen LogP contribution in [0.2, 0.25) is 0 Å². The maximum atomic E-state index is 12.7. The number of piperazine rings is 1. The Kier molecular flexibility index (Phi) is 6.65. The third kappa shape index (κ3) is 5.16. The predicted molar refractivity (Wildman–Crippen MR) is 135 cm³/mol. The first-order valence-electron chi connectivity index (χ1n) is 11.9. The SMILES string of the molecule is CCn1nnc2cc(C(=O)Nc3ccc(CN4CCN(Cc5ccccc5)CC4)cc3)ccc21. The highest BCUT2D eigenvalue weighted by Crippen LogP contribution is 2.17. The molecule has 0 radical (unpaired) electrons. The van der Waals surface area contributed by atoms with Crippen molar-refractivity contribution in [2.24, 2.45) is 0 Å². The van der Waals surface area contributed by atoms with Gasteiger partial charge in [0.05, 0.1) is 5.52 Å². The van der Waals surface area contributed by atoms with Crippen LogP contribution in [0, 0.1) is 0 Å². The van der Waals surface area contributed by atoms with Gasteiger partial charge in [-0.15, -0.1) is 5.10 Å². The molecule has 1 amide bonds. The first-order chi connectivity index (χ1) is 16.7. The summed E-state index contributed by atoms with van der Waals surface area (Å²) in [5.74, 6) is -0.143. The van der Waals surface area contributed by atoms with E-state index >= 15 is 0 Å². The van der Waals surface area contributed by atoms with E-state index in [1.54, 1.807) is 6.07 Å². The van der Waals surface area contributed by atoms with Crippen molar-refractivity contribution in [3.8, 4) is 0 Å². The van der Waals surface area contributed by atoms with Crippen LogP contribution in [-0.2, 0) is 19.6 Å². The minimum atomic E-state index is -0.143. The van der Waals surface area contributed by atoms with E-state index in [9.17, 15) is 4.79 Å². The van der Waals surface area contributed by atoms with Crippen LogP contribution in [0.5, 0.6) is 0 Å². The Bertz CT molecular complexity index is 1240. The third-order valence-electron chi connectivity index (χ3n) is 6.41. The van der Waals surface area contributed by atoms with Gasteiger partial charge in [-0.1, -0.05) is 47.7 Å². The van der Waals surface area contributed by atoms with Crippen LogP contribution in [0.3, 0.4) is 0 Å². The van der Waals surface area contributed by atoms with Crippen LogP contribution in [0.4, 0.5) is 5.69 Å². The third-order valence-corrected chi connectivity index (χ3v) is 6.41. The Hall–Kier alpha value is -3.55. The van der Waals surface area contributed by atoms with E-state index in [0.717, 1.165) is 62.5 Å². The van der Waals surface area contributed by atoms with Gasteiger partial charge >= 0.3 is 0 Å². The maximum absolute atomic E-state index is 12.7. The molecule has 174 valence electrons. The van der Waals surface area contributed by atoms with Gasteiger partial charge < -0.3 is 5.32 Å². The summed E-state index contributed by atoms with van der Waals surface area (Å²) in [4.78, 5) is 17.7. The van der Waals surface area contributed by atoms with E-state index in [-0.39, 0.29) is 5.91 Å². The molecule has 1 N–H and O–H groups in total. The van der Waals surface area contributed by atoms with Crippen LogP contribution >= 0.6 is 0 Å². The first kappa shape index (κ1) is 22.3. The molecule has 5 rings (SSSR count). The number of carbonyl (C=O) groups is 1. The molecule has 34 heavy (non-hydrogen) atoms. The number of anilines is 1. The lowest BCUT2D eigenvalue weighted by atomic mass is 10.1. The number of hydrogen-bond acceptors (Lipinski definition) is 5. The van der Waals surface area contributed by atoms with Crippen molar-refractivity contribution in [3.05, 3.63) is 89.5 Å². The van der Waals surface area contributed by atoms with Crippen LogP contribution in [-0.4, -0.2) is 56.9 Å². The number of benzene rings is 3. The fraction of sp³-hybridized carbons (Fsp3) is 0.296. The molecule has 7 nitrogen and oxygen atoms in total. The molecule has 1 aliphatic rings. The molecule has 2 heterocycles. The highest BCUT2D eigenvalue weighted by Gasteiger charge is 2.17. The minimum absolute atomic E-state index is 0.143. The molecule has 0 saturated carbocycles. The summed E-state index contributed by atoms with van der Waals surface area (Å²) >= 11 is 0. The maximum Gasteiger partial charge on any atom is 0.255 e. The number of nitrogens with one attached hydrogen (secondary N) is 1. The predicted octanol–water partition coefficient (Wildman–Crippen LogP) is 4.02. The summed E-state index contributed by atoms with van der Waals surface area (Å²) in [5.41, 5.74) is 5.66. The van der Waals surface area contributed by atoms with Crippen molar-refractivity contribution in [1.29, 1.82) is 0 Å². The second-order valence-electron chi connectivity index (χ2n) is 8.80. The lowest BCUT2D eigenvalue weighted by molar-refractivity contribution is 0.102.